The van der Waals surface area contributed by atoms with E-state index in [1.165, 1.54) is 17.7 Å². The normalized spacial score (nSPS) is 16.0. The summed E-state index contributed by atoms with van der Waals surface area (Å²) < 4.78 is 37.1. The molecule has 2 N–H and O–H groups in total. The minimum Gasteiger partial charge on any atom is -0.493 e. The molecule has 36 heavy (non-hydrogen) atoms. The van der Waals surface area contributed by atoms with Crippen molar-refractivity contribution in [2.45, 2.75) is 52.2 Å². The van der Waals surface area contributed by atoms with Crippen molar-refractivity contribution in [2.24, 2.45) is 12.8 Å². The van der Waals surface area contributed by atoms with Crippen LogP contribution in [0.4, 0.5) is 14.7 Å². The summed E-state index contributed by atoms with van der Waals surface area (Å²) in [6, 6.07) is 2.39. The highest BCUT2D eigenvalue weighted by molar-refractivity contribution is 5.74. The summed E-state index contributed by atoms with van der Waals surface area (Å²) in [6.45, 7) is 5.67. The van der Waals surface area contributed by atoms with E-state index in [-0.39, 0.29) is 24.8 Å². The van der Waals surface area contributed by atoms with Crippen LogP contribution in [0.25, 0.3) is 11.2 Å². The molecule has 1 fully saturated rings. The van der Waals surface area contributed by atoms with Gasteiger partial charge in [-0.1, -0.05) is 17.7 Å². The van der Waals surface area contributed by atoms with Gasteiger partial charge in [0.2, 0.25) is 11.8 Å². The molecule has 1 aliphatic rings. The van der Waals surface area contributed by atoms with Crippen molar-refractivity contribution in [2.75, 3.05) is 25.1 Å². The van der Waals surface area contributed by atoms with Crippen LogP contribution in [0.1, 0.15) is 32.3 Å². The fraction of sp³-hybridized carbons (Fsp3) is 0.480. The lowest BCUT2D eigenvalue weighted by atomic mass is 10.1. The number of fused-ring (bicyclic) bond motifs is 1. The van der Waals surface area contributed by atoms with E-state index in [0.29, 0.717) is 35.8 Å². The van der Waals surface area contributed by atoms with E-state index < -0.39 is 22.9 Å². The molecule has 1 saturated heterocycles. The molecule has 1 aliphatic heterocycles. The van der Waals surface area contributed by atoms with E-state index in [1.807, 2.05) is 24.5 Å². The Morgan fingerprint density at radius 1 is 1.25 bits per heavy atom. The molecule has 0 amide bonds. The maximum absolute atomic E-state index is 14.2. The van der Waals surface area contributed by atoms with Crippen LogP contribution in [0.15, 0.2) is 33.4 Å². The third-order valence-corrected chi connectivity index (χ3v) is 6.58. The van der Waals surface area contributed by atoms with Crippen LogP contribution >= 0.6 is 0 Å². The second-order valence-electron chi connectivity index (χ2n) is 9.43. The van der Waals surface area contributed by atoms with Crippen LogP contribution in [0.3, 0.4) is 0 Å². The van der Waals surface area contributed by atoms with Crippen LogP contribution in [-0.4, -0.2) is 44.9 Å². The highest BCUT2D eigenvalue weighted by atomic mass is 19.2. The predicted octanol–water partition coefficient (Wildman–Crippen LogP) is 2.32. The van der Waals surface area contributed by atoms with E-state index in [1.54, 1.807) is 7.05 Å². The van der Waals surface area contributed by atoms with Crippen molar-refractivity contribution in [3.05, 3.63) is 61.8 Å². The fourth-order valence-electron chi connectivity index (χ4n) is 4.66. The van der Waals surface area contributed by atoms with Crippen LogP contribution in [0, 0.1) is 11.6 Å². The smallest absolute Gasteiger partial charge is 0.332 e. The van der Waals surface area contributed by atoms with Crippen molar-refractivity contribution < 1.29 is 13.5 Å². The molecule has 11 heteroatoms. The SMILES string of the molecule is COc1c(CCn2c(=O)c3c(nc(N4CCCC(N)C4)n3CC=C(C)C)n(C)c2=O)ccc(F)c1F. The van der Waals surface area contributed by atoms with Gasteiger partial charge >= 0.3 is 5.69 Å². The first-order chi connectivity index (χ1) is 17.1. The maximum Gasteiger partial charge on any atom is 0.332 e. The molecular weight excluding hydrogens is 470 g/mol. The number of nitrogens with two attached hydrogens (primary N) is 1. The number of halogens is 2. The molecule has 9 nitrogen and oxygen atoms in total. The molecule has 2 aromatic heterocycles. The van der Waals surface area contributed by atoms with Crippen LogP contribution in [-0.2, 0) is 26.6 Å². The lowest BCUT2D eigenvalue weighted by Gasteiger charge is -2.31. The number of piperidine rings is 1. The molecule has 0 bridgehead atoms. The van der Waals surface area contributed by atoms with Crippen LogP contribution in [0.5, 0.6) is 5.75 Å². The van der Waals surface area contributed by atoms with Crippen molar-refractivity contribution in [1.82, 2.24) is 18.7 Å². The lowest BCUT2D eigenvalue weighted by molar-refractivity contribution is 0.365. The molecule has 3 aromatic rings. The Balaban J connectivity index is 1.84. The highest BCUT2D eigenvalue weighted by Crippen LogP contribution is 2.26. The van der Waals surface area contributed by atoms with Gasteiger partial charge in [0, 0.05) is 39.3 Å². The van der Waals surface area contributed by atoms with E-state index >= 15 is 0 Å². The Labute approximate surface area is 207 Å². The van der Waals surface area contributed by atoms with Crippen molar-refractivity contribution in [1.29, 1.82) is 0 Å². The van der Waals surface area contributed by atoms with E-state index in [0.717, 1.165) is 35.6 Å². The van der Waals surface area contributed by atoms with Gasteiger partial charge in [-0.2, -0.15) is 9.37 Å². The predicted molar refractivity (Wildman–Crippen MR) is 135 cm³/mol. The number of aryl methyl sites for hydroxylation is 2. The van der Waals surface area contributed by atoms with E-state index in [2.05, 4.69) is 4.90 Å². The van der Waals surface area contributed by atoms with Gasteiger partial charge in [-0.05, 0) is 44.7 Å². The first-order valence-corrected chi connectivity index (χ1v) is 12.0. The zero-order chi connectivity index (χ0) is 26.1. The number of hydrogen-bond donors (Lipinski definition) is 1. The Morgan fingerprint density at radius 3 is 2.67 bits per heavy atom. The molecule has 0 aliphatic carbocycles. The number of imidazole rings is 1. The van der Waals surface area contributed by atoms with Gasteiger partial charge in [-0.3, -0.25) is 13.9 Å². The van der Waals surface area contributed by atoms with Crippen LogP contribution < -0.4 is 26.6 Å². The summed E-state index contributed by atoms with van der Waals surface area (Å²) in [5.41, 5.74) is 7.21. The highest BCUT2D eigenvalue weighted by Gasteiger charge is 2.26. The Morgan fingerprint density at radius 2 is 2.00 bits per heavy atom. The first kappa shape index (κ1) is 25.6. The Hall–Kier alpha value is -3.47. The largest absolute Gasteiger partial charge is 0.493 e. The summed E-state index contributed by atoms with van der Waals surface area (Å²) in [4.78, 5) is 33.6. The Bertz CT molecular complexity index is 1430. The zero-order valence-electron chi connectivity index (χ0n) is 21.1. The number of anilines is 1. The third kappa shape index (κ3) is 4.67. The number of aromatic nitrogens is 4. The molecule has 4 rings (SSSR count). The molecule has 194 valence electrons. The third-order valence-electron chi connectivity index (χ3n) is 6.58. The number of methoxy groups -OCH3 is 1. The topological polar surface area (TPSA) is 100 Å². The van der Waals surface area contributed by atoms with Gasteiger partial charge in [-0.15, -0.1) is 0 Å². The quantitative estimate of drug-likeness (QED) is 0.498. The number of benzene rings is 1. The Kier molecular flexibility index (Phi) is 7.30. The summed E-state index contributed by atoms with van der Waals surface area (Å²) in [5.74, 6) is -1.77. The average molecular weight is 503 g/mol. The minimum absolute atomic E-state index is 0.00188. The fourth-order valence-corrected chi connectivity index (χ4v) is 4.66. The van der Waals surface area contributed by atoms with Gasteiger partial charge in [0.25, 0.3) is 5.56 Å². The van der Waals surface area contributed by atoms with E-state index in [9.17, 15) is 18.4 Å². The van der Waals surface area contributed by atoms with Crippen LogP contribution in [0.2, 0.25) is 0 Å². The van der Waals surface area contributed by atoms with Crippen molar-refractivity contribution >= 4 is 17.1 Å². The zero-order valence-corrected chi connectivity index (χ0v) is 21.1. The van der Waals surface area contributed by atoms with Gasteiger partial charge in [0.05, 0.1) is 7.11 Å². The molecule has 1 unspecified atom stereocenters. The van der Waals surface area contributed by atoms with Gasteiger partial charge in [0.15, 0.2) is 22.7 Å². The van der Waals surface area contributed by atoms with Gasteiger partial charge < -0.3 is 19.9 Å². The molecule has 1 atom stereocenters. The summed E-state index contributed by atoms with van der Waals surface area (Å²) in [6.07, 6.45) is 3.92. The second kappa shape index (κ2) is 10.3. The summed E-state index contributed by atoms with van der Waals surface area (Å²) >= 11 is 0. The average Bonchev–Trinajstić information content (AvgIpc) is 3.23. The first-order valence-electron chi connectivity index (χ1n) is 12.0. The van der Waals surface area contributed by atoms with Crippen molar-refractivity contribution in [3.8, 4) is 5.75 Å². The number of nitrogens with zero attached hydrogens (tertiary/aromatic N) is 5. The maximum atomic E-state index is 14.2. The van der Waals surface area contributed by atoms with Crippen molar-refractivity contribution in [3.63, 3.8) is 0 Å². The van der Waals surface area contributed by atoms with E-state index in [4.69, 9.17) is 15.5 Å². The molecule has 0 radical (unpaired) electrons. The number of hydrogen-bond acceptors (Lipinski definition) is 6. The number of rotatable bonds is 7. The van der Waals surface area contributed by atoms with Gasteiger partial charge in [0.1, 0.15) is 0 Å². The monoisotopic (exact) mass is 502 g/mol. The lowest BCUT2D eigenvalue weighted by Crippen LogP contribution is -2.44. The minimum atomic E-state index is -1.10. The molecule has 0 spiro atoms. The summed E-state index contributed by atoms with van der Waals surface area (Å²) in [5, 5.41) is 0. The standard InChI is InChI=1S/C25H32F2N6O3/c1-15(2)9-12-32-20-22(29-24(32)31-11-5-6-17(28)14-31)30(3)25(35)33(23(20)34)13-10-16-7-8-18(26)19(27)21(16)36-4/h7-9,17H,5-6,10-14,28H2,1-4H3. The molecule has 3 heterocycles. The summed E-state index contributed by atoms with van der Waals surface area (Å²) in [7, 11) is 2.82. The molecular formula is C25H32F2N6O3. The number of ether oxygens (including phenoxy) is 1. The molecule has 1 aromatic carbocycles. The molecule has 0 saturated carbocycles. The van der Waals surface area contributed by atoms with Gasteiger partial charge in [-0.25, -0.2) is 9.18 Å². The second-order valence-corrected chi connectivity index (χ2v) is 9.43. The number of allylic oxidation sites excluding steroid dienone is 2.